The molecule has 3 aromatic rings. The minimum absolute atomic E-state index is 0.0242. The van der Waals surface area contributed by atoms with Crippen molar-refractivity contribution in [1.29, 1.82) is 0 Å². The summed E-state index contributed by atoms with van der Waals surface area (Å²) in [7, 11) is 0. The number of hydrogen-bond acceptors (Lipinski definition) is 5. The molecule has 0 bridgehead atoms. The van der Waals surface area contributed by atoms with E-state index in [1.165, 1.54) is 0 Å². The van der Waals surface area contributed by atoms with Crippen LogP contribution in [0.1, 0.15) is 18.9 Å². The van der Waals surface area contributed by atoms with Crippen molar-refractivity contribution in [1.82, 2.24) is 29.7 Å². The van der Waals surface area contributed by atoms with Gasteiger partial charge in [0.05, 0.1) is 30.7 Å². The highest BCUT2D eigenvalue weighted by molar-refractivity contribution is 5.57. The molecular formula is C19H22N6O. The molecule has 3 heterocycles. The van der Waals surface area contributed by atoms with Gasteiger partial charge >= 0.3 is 0 Å². The molecule has 0 aliphatic carbocycles. The van der Waals surface area contributed by atoms with Gasteiger partial charge in [0.2, 0.25) is 0 Å². The van der Waals surface area contributed by atoms with Crippen molar-refractivity contribution in [2.75, 3.05) is 19.6 Å². The van der Waals surface area contributed by atoms with Gasteiger partial charge in [-0.15, -0.1) is 0 Å². The molecule has 26 heavy (non-hydrogen) atoms. The standard InChI is InChI=1S/C19H22N6O/c26-19-7-6-18(16-4-2-1-3-5-16)22-25(19)17-8-12-23(13-9-17)14-15-24-20-10-11-21-24/h1-7,10-11,17H,8-9,12-15H2. The molecule has 7 heteroatoms. The van der Waals surface area contributed by atoms with E-state index in [1.54, 1.807) is 34.0 Å². The van der Waals surface area contributed by atoms with E-state index in [2.05, 4.69) is 20.2 Å². The highest BCUT2D eigenvalue weighted by atomic mass is 16.1. The highest BCUT2D eigenvalue weighted by Gasteiger charge is 2.22. The molecule has 0 atom stereocenters. The normalized spacial score (nSPS) is 16.0. The largest absolute Gasteiger partial charge is 0.301 e. The first kappa shape index (κ1) is 16.7. The SMILES string of the molecule is O=c1ccc(-c2ccccc2)nn1C1CCN(CCn2nccn2)CC1. The third-order valence-electron chi connectivity index (χ3n) is 4.88. The van der Waals surface area contributed by atoms with Crippen LogP contribution in [0.25, 0.3) is 11.3 Å². The zero-order valence-corrected chi connectivity index (χ0v) is 14.6. The van der Waals surface area contributed by atoms with Gasteiger partial charge in [0.25, 0.3) is 5.56 Å². The van der Waals surface area contributed by atoms with Gasteiger partial charge in [0.15, 0.2) is 0 Å². The Kier molecular flexibility index (Phi) is 4.88. The quantitative estimate of drug-likeness (QED) is 0.702. The Morgan fingerprint density at radius 1 is 0.923 bits per heavy atom. The average Bonchev–Trinajstić information content (AvgIpc) is 3.22. The van der Waals surface area contributed by atoms with Gasteiger partial charge in [0.1, 0.15) is 0 Å². The molecular weight excluding hydrogens is 328 g/mol. The van der Waals surface area contributed by atoms with Crippen LogP contribution in [0.5, 0.6) is 0 Å². The van der Waals surface area contributed by atoms with E-state index in [1.807, 2.05) is 30.3 Å². The second kappa shape index (κ2) is 7.61. The molecule has 0 saturated carbocycles. The van der Waals surface area contributed by atoms with Gasteiger partial charge in [-0.1, -0.05) is 30.3 Å². The number of piperidine rings is 1. The molecule has 7 nitrogen and oxygen atoms in total. The molecule has 0 radical (unpaired) electrons. The predicted octanol–water partition coefficient (Wildman–Crippen LogP) is 1.84. The number of aromatic nitrogens is 5. The molecule has 4 rings (SSSR count). The van der Waals surface area contributed by atoms with Gasteiger partial charge in [-0.2, -0.15) is 20.1 Å². The molecule has 1 fully saturated rings. The van der Waals surface area contributed by atoms with Crippen molar-refractivity contribution < 1.29 is 0 Å². The van der Waals surface area contributed by atoms with Crippen molar-refractivity contribution >= 4 is 0 Å². The summed E-state index contributed by atoms with van der Waals surface area (Å²) in [5, 5.41) is 12.9. The van der Waals surface area contributed by atoms with Gasteiger partial charge in [0, 0.05) is 31.3 Å². The van der Waals surface area contributed by atoms with Crippen LogP contribution in [0.3, 0.4) is 0 Å². The Hall–Kier alpha value is -2.80. The number of hydrogen-bond donors (Lipinski definition) is 0. The molecule has 134 valence electrons. The van der Waals surface area contributed by atoms with Crippen molar-refractivity contribution in [3.05, 3.63) is 65.2 Å². The second-order valence-electron chi connectivity index (χ2n) is 6.57. The fourth-order valence-electron chi connectivity index (χ4n) is 3.43. The maximum Gasteiger partial charge on any atom is 0.267 e. The van der Waals surface area contributed by atoms with Crippen LogP contribution in [-0.2, 0) is 6.54 Å². The Morgan fingerprint density at radius 3 is 2.38 bits per heavy atom. The monoisotopic (exact) mass is 350 g/mol. The van der Waals surface area contributed by atoms with Crippen LogP contribution in [0, 0.1) is 0 Å². The minimum atomic E-state index is -0.0242. The van der Waals surface area contributed by atoms with Gasteiger partial charge in [-0.3, -0.25) is 4.79 Å². The van der Waals surface area contributed by atoms with E-state index in [4.69, 9.17) is 0 Å². The van der Waals surface area contributed by atoms with E-state index in [0.29, 0.717) is 0 Å². The summed E-state index contributed by atoms with van der Waals surface area (Å²) in [6.45, 7) is 3.62. The lowest BCUT2D eigenvalue weighted by Gasteiger charge is -2.32. The molecule has 0 spiro atoms. The third-order valence-corrected chi connectivity index (χ3v) is 4.88. The third kappa shape index (κ3) is 3.72. The first-order chi connectivity index (χ1) is 12.8. The Balaban J connectivity index is 1.41. The van der Waals surface area contributed by atoms with E-state index in [-0.39, 0.29) is 11.6 Å². The zero-order valence-electron chi connectivity index (χ0n) is 14.6. The molecule has 1 aliphatic heterocycles. The molecule has 1 aromatic carbocycles. The summed E-state index contributed by atoms with van der Waals surface area (Å²) in [4.78, 5) is 16.4. The smallest absolute Gasteiger partial charge is 0.267 e. The summed E-state index contributed by atoms with van der Waals surface area (Å²) in [6.07, 6.45) is 5.25. The average molecular weight is 350 g/mol. The zero-order chi connectivity index (χ0) is 17.8. The molecule has 1 saturated heterocycles. The first-order valence-electron chi connectivity index (χ1n) is 9.01. The van der Waals surface area contributed by atoms with Gasteiger partial charge in [-0.05, 0) is 18.9 Å². The van der Waals surface area contributed by atoms with E-state index >= 15 is 0 Å². The minimum Gasteiger partial charge on any atom is -0.301 e. The van der Waals surface area contributed by atoms with Crippen LogP contribution >= 0.6 is 0 Å². The van der Waals surface area contributed by atoms with Crippen molar-refractivity contribution in [2.24, 2.45) is 0 Å². The van der Waals surface area contributed by atoms with E-state index in [0.717, 1.165) is 50.3 Å². The number of benzene rings is 1. The lowest BCUT2D eigenvalue weighted by molar-refractivity contribution is 0.168. The van der Waals surface area contributed by atoms with Crippen LogP contribution in [0.4, 0.5) is 0 Å². The van der Waals surface area contributed by atoms with E-state index in [9.17, 15) is 4.79 Å². The molecule has 1 aliphatic rings. The number of likely N-dealkylation sites (tertiary alicyclic amines) is 1. The summed E-state index contributed by atoms with van der Waals surface area (Å²) >= 11 is 0. The predicted molar refractivity (Wildman–Crippen MR) is 98.7 cm³/mol. The number of rotatable bonds is 5. The highest BCUT2D eigenvalue weighted by Crippen LogP contribution is 2.22. The summed E-state index contributed by atoms with van der Waals surface area (Å²) in [5.74, 6) is 0. The maximum absolute atomic E-state index is 12.3. The summed E-state index contributed by atoms with van der Waals surface area (Å²) < 4.78 is 1.68. The Labute approximate surface area is 151 Å². The first-order valence-corrected chi connectivity index (χ1v) is 9.01. The lowest BCUT2D eigenvalue weighted by Crippen LogP contribution is -2.39. The van der Waals surface area contributed by atoms with Crippen LogP contribution < -0.4 is 5.56 Å². The summed E-state index contributed by atoms with van der Waals surface area (Å²) in [6, 6.07) is 13.6. The van der Waals surface area contributed by atoms with Crippen molar-refractivity contribution in [2.45, 2.75) is 25.4 Å². The lowest BCUT2D eigenvalue weighted by atomic mass is 10.1. The molecule has 0 N–H and O–H groups in total. The molecule has 0 amide bonds. The fourth-order valence-corrected chi connectivity index (χ4v) is 3.43. The van der Waals surface area contributed by atoms with Crippen molar-refractivity contribution in [3.8, 4) is 11.3 Å². The molecule has 2 aromatic heterocycles. The van der Waals surface area contributed by atoms with Crippen LogP contribution in [-0.4, -0.2) is 49.3 Å². The summed E-state index contributed by atoms with van der Waals surface area (Å²) in [5.41, 5.74) is 1.85. The van der Waals surface area contributed by atoms with Gasteiger partial charge in [-0.25, -0.2) is 4.68 Å². The fraction of sp³-hybridized carbons (Fsp3) is 0.368. The van der Waals surface area contributed by atoms with Crippen LogP contribution in [0.2, 0.25) is 0 Å². The van der Waals surface area contributed by atoms with Crippen LogP contribution in [0.15, 0.2) is 59.7 Å². The topological polar surface area (TPSA) is 68.8 Å². The molecule has 0 unspecified atom stereocenters. The van der Waals surface area contributed by atoms with E-state index < -0.39 is 0 Å². The Bertz CT molecular complexity index is 882. The number of nitrogens with zero attached hydrogens (tertiary/aromatic N) is 6. The Morgan fingerprint density at radius 2 is 1.65 bits per heavy atom. The van der Waals surface area contributed by atoms with Crippen molar-refractivity contribution in [3.63, 3.8) is 0 Å². The van der Waals surface area contributed by atoms with Gasteiger partial charge < -0.3 is 4.90 Å². The maximum atomic E-state index is 12.3. The second-order valence-corrected chi connectivity index (χ2v) is 6.57.